The molecule has 0 aliphatic heterocycles. The maximum Gasteiger partial charge on any atom is 0.341 e. The van der Waals surface area contributed by atoms with Crippen molar-refractivity contribution in [2.45, 2.75) is 27.3 Å². The Labute approximate surface area is 189 Å². The molecule has 4 rings (SSSR count). The monoisotopic (exact) mass is 444 g/mol. The second kappa shape index (κ2) is 9.20. The first-order valence-electron chi connectivity index (χ1n) is 10.8. The van der Waals surface area contributed by atoms with Crippen LogP contribution in [0, 0.1) is 5.92 Å². The Kier molecular flexibility index (Phi) is 6.17. The first-order chi connectivity index (χ1) is 15.9. The third kappa shape index (κ3) is 4.32. The number of benzene rings is 1. The van der Waals surface area contributed by atoms with Crippen molar-refractivity contribution < 1.29 is 14.3 Å². The van der Waals surface area contributed by atoms with Crippen LogP contribution in [0.2, 0.25) is 0 Å². The Morgan fingerprint density at radius 2 is 1.82 bits per heavy atom. The molecule has 0 spiro atoms. The van der Waals surface area contributed by atoms with Crippen molar-refractivity contribution in [3.05, 3.63) is 87.8 Å². The lowest BCUT2D eigenvalue weighted by Gasteiger charge is -2.16. The third-order valence-corrected chi connectivity index (χ3v) is 5.06. The van der Waals surface area contributed by atoms with Gasteiger partial charge in [-0.15, -0.1) is 0 Å². The zero-order valence-electron chi connectivity index (χ0n) is 18.7. The van der Waals surface area contributed by atoms with Crippen LogP contribution in [0.5, 0.6) is 0 Å². The summed E-state index contributed by atoms with van der Waals surface area (Å²) in [5, 5.41) is 0.244. The third-order valence-electron chi connectivity index (χ3n) is 5.06. The van der Waals surface area contributed by atoms with E-state index in [1.54, 1.807) is 66.2 Å². The van der Waals surface area contributed by atoms with E-state index >= 15 is 0 Å². The summed E-state index contributed by atoms with van der Waals surface area (Å²) < 4.78 is 8.33. The smallest absolute Gasteiger partial charge is 0.341 e. The predicted octanol–water partition coefficient (Wildman–Crippen LogP) is 3.22. The Hall–Kier alpha value is -4.07. The molecule has 168 valence electrons. The van der Waals surface area contributed by atoms with Gasteiger partial charge in [-0.05, 0) is 43.2 Å². The van der Waals surface area contributed by atoms with E-state index in [4.69, 9.17) is 4.74 Å². The van der Waals surface area contributed by atoms with Gasteiger partial charge in [-0.3, -0.25) is 14.0 Å². The van der Waals surface area contributed by atoms with Gasteiger partial charge >= 0.3 is 5.97 Å². The zero-order valence-corrected chi connectivity index (χ0v) is 18.7. The van der Waals surface area contributed by atoms with Crippen LogP contribution in [0.25, 0.3) is 16.7 Å². The standard InChI is InChI=1S/C25H24N4O4/c1-4-33-25(32)19-14-18-21(26-20-12-8-9-13-28(20)24(18)31)29(15-16(2)3)22(19)27-23(30)17-10-6-5-7-11-17/h5-14,16H,4,15H2,1-3H3. The molecule has 0 aliphatic rings. The number of hydrogen-bond acceptors (Lipinski definition) is 5. The average molecular weight is 444 g/mol. The van der Waals surface area contributed by atoms with Gasteiger partial charge in [0.2, 0.25) is 0 Å². The van der Waals surface area contributed by atoms with Gasteiger partial charge in [0, 0.05) is 18.3 Å². The number of hydrogen-bond donors (Lipinski definition) is 0. The molecule has 0 unspecified atom stereocenters. The number of amides is 1. The van der Waals surface area contributed by atoms with Gasteiger partial charge in [-0.1, -0.05) is 38.1 Å². The molecule has 1 aromatic carbocycles. The molecule has 0 saturated heterocycles. The summed E-state index contributed by atoms with van der Waals surface area (Å²) in [6, 6.07) is 15.3. The van der Waals surface area contributed by atoms with Crippen molar-refractivity contribution >= 4 is 28.6 Å². The van der Waals surface area contributed by atoms with E-state index in [1.165, 1.54) is 10.5 Å². The molecular weight excluding hydrogens is 420 g/mol. The summed E-state index contributed by atoms with van der Waals surface area (Å²) in [4.78, 5) is 48.2. The van der Waals surface area contributed by atoms with E-state index in [9.17, 15) is 14.4 Å². The Morgan fingerprint density at radius 1 is 1.09 bits per heavy atom. The number of rotatable bonds is 5. The number of ether oxygens (including phenoxy) is 1. The summed E-state index contributed by atoms with van der Waals surface area (Å²) in [5.41, 5.74) is 1.04. The zero-order chi connectivity index (χ0) is 23.5. The summed E-state index contributed by atoms with van der Waals surface area (Å²) in [5.74, 6) is -1.04. The first-order valence-corrected chi connectivity index (χ1v) is 10.8. The van der Waals surface area contributed by atoms with Crippen LogP contribution < -0.4 is 11.0 Å². The van der Waals surface area contributed by atoms with Gasteiger partial charge in [0.05, 0.1) is 12.0 Å². The molecule has 0 atom stereocenters. The SMILES string of the molecule is CCOC(=O)c1cc2c(=O)n3ccccc3nc2n(CC(C)C)c1=NC(=O)c1ccccc1. The molecule has 4 aromatic rings. The van der Waals surface area contributed by atoms with Gasteiger partial charge in [-0.2, -0.15) is 4.99 Å². The van der Waals surface area contributed by atoms with Crippen molar-refractivity contribution in [2.75, 3.05) is 6.61 Å². The molecule has 0 radical (unpaired) electrons. The van der Waals surface area contributed by atoms with Crippen LogP contribution in [0.3, 0.4) is 0 Å². The molecular formula is C25H24N4O4. The fourth-order valence-corrected chi connectivity index (χ4v) is 3.64. The molecule has 0 saturated carbocycles. The van der Waals surface area contributed by atoms with E-state index in [0.717, 1.165) is 0 Å². The molecule has 33 heavy (non-hydrogen) atoms. The van der Waals surface area contributed by atoms with Crippen molar-refractivity contribution in [1.29, 1.82) is 0 Å². The summed E-state index contributed by atoms with van der Waals surface area (Å²) >= 11 is 0. The fourth-order valence-electron chi connectivity index (χ4n) is 3.64. The number of pyridine rings is 2. The minimum Gasteiger partial charge on any atom is -0.462 e. The highest BCUT2D eigenvalue weighted by Crippen LogP contribution is 2.13. The number of carbonyl (C=O) groups excluding carboxylic acids is 2. The molecule has 0 fully saturated rings. The second-order valence-electron chi connectivity index (χ2n) is 7.97. The fraction of sp³-hybridized carbons (Fsp3) is 0.240. The lowest BCUT2D eigenvalue weighted by Crippen LogP contribution is -2.33. The minimum atomic E-state index is -0.658. The topological polar surface area (TPSA) is 95.0 Å². The van der Waals surface area contributed by atoms with Crippen LogP contribution in [-0.4, -0.2) is 32.4 Å². The van der Waals surface area contributed by atoms with Crippen molar-refractivity contribution in [2.24, 2.45) is 10.9 Å². The first kappa shape index (κ1) is 22.1. The van der Waals surface area contributed by atoms with Crippen LogP contribution in [0.4, 0.5) is 0 Å². The molecule has 0 N–H and O–H groups in total. The van der Waals surface area contributed by atoms with E-state index in [0.29, 0.717) is 23.4 Å². The predicted molar refractivity (Wildman–Crippen MR) is 124 cm³/mol. The molecule has 8 nitrogen and oxygen atoms in total. The Bertz CT molecular complexity index is 1480. The molecule has 1 amide bonds. The van der Waals surface area contributed by atoms with Crippen LogP contribution >= 0.6 is 0 Å². The lowest BCUT2D eigenvalue weighted by molar-refractivity contribution is 0.0523. The molecule has 3 heterocycles. The highest BCUT2D eigenvalue weighted by atomic mass is 16.5. The maximum atomic E-state index is 13.3. The summed E-state index contributed by atoms with van der Waals surface area (Å²) in [6.45, 7) is 6.21. The van der Waals surface area contributed by atoms with Gasteiger partial charge in [-0.25, -0.2) is 9.78 Å². The molecule has 0 aliphatic carbocycles. The highest BCUT2D eigenvalue weighted by Gasteiger charge is 2.20. The van der Waals surface area contributed by atoms with Gasteiger partial charge in [0.1, 0.15) is 16.9 Å². The largest absolute Gasteiger partial charge is 0.462 e. The lowest BCUT2D eigenvalue weighted by atomic mass is 10.1. The number of nitrogens with zero attached hydrogens (tertiary/aromatic N) is 4. The highest BCUT2D eigenvalue weighted by molar-refractivity contribution is 5.97. The van der Waals surface area contributed by atoms with Crippen LogP contribution in [0.15, 0.2) is 70.6 Å². The number of aromatic nitrogens is 3. The molecule has 8 heteroatoms. The van der Waals surface area contributed by atoms with Gasteiger partial charge in [0.25, 0.3) is 11.5 Å². The number of esters is 1. The van der Waals surface area contributed by atoms with E-state index in [2.05, 4.69) is 9.98 Å². The Balaban J connectivity index is 2.14. The van der Waals surface area contributed by atoms with Gasteiger partial charge < -0.3 is 9.30 Å². The normalized spacial score (nSPS) is 11.9. The average Bonchev–Trinajstić information content (AvgIpc) is 2.81. The maximum absolute atomic E-state index is 13.3. The van der Waals surface area contributed by atoms with E-state index in [1.807, 2.05) is 13.8 Å². The Morgan fingerprint density at radius 3 is 2.52 bits per heavy atom. The van der Waals surface area contributed by atoms with Crippen LogP contribution in [-0.2, 0) is 11.3 Å². The van der Waals surface area contributed by atoms with E-state index in [-0.39, 0.29) is 34.5 Å². The van der Waals surface area contributed by atoms with Crippen molar-refractivity contribution in [1.82, 2.24) is 14.0 Å². The van der Waals surface area contributed by atoms with Crippen LogP contribution in [0.1, 0.15) is 41.5 Å². The number of fused-ring (bicyclic) bond motifs is 2. The van der Waals surface area contributed by atoms with E-state index < -0.39 is 11.9 Å². The molecule has 0 bridgehead atoms. The summed E-state index contributed by atoms with van der Waals surface area (Å²) in [7, 11) is 0. The van der Waals surface area contributed by atoms with Crippen molar-refractivity contribution in [3.8, 4) is 0 Å². The van der Waals surface area contributed by atoms with Crippen molar-refractivity contribution in [3.63, 3.8) is 0 Å². The molecule has 3 aromatic heterocycles. The second-order valence-corrected chi connectivity index (χ2v) is 7.97. The summed E-state index contributed by atoms with van der Waals surface area (Å²) in [6.07, 6.45) is 1.62. The minimum absolute atomic E-state index is 0.0454. The van der Waals surface area contributed by atoms with Gasteiger partial charge in [0.15, 0.2) is 5.49 Å². The quantitative estimate of drug-likeness (QED) is 0.348. The number of carbonyl (C=O) groups is 2.